The Kier molecular flexibility index (Phi) is 6.80. The van der Waals surface area contributed by atoms with Crippen LogP contribution in [0.3, 0.4) is 0 Å². The number of carbonyl (C=O) groups excluding carboxylic acids is 2. The van der Waals surface area contributed by atoms with Crippen LogP contribution in [0.25, 0.3) is 11.3 Å². The maximum atomic E-state index is 12.8. The molecule has 0 radical (unpaired) electrons. The maximum Gasteiger partial charge on any atom is 0.257 e. The summed E-state index contributed by atoms with van der Waals surface area (Å²) in [6.07, 6.45) is 0. The summed E-state index contributed by atoms with van der Waals surface area (Å²) < 4.78 is 5.24. The third-order valence-corrected chi connectivity index (χ3v) is 5.12. The van der Waals surface area contributed by atoms with Gasteiger partial charge in [0.15, 0.2) is 0 Å². The largest absolute Gasteiger partial charge is 0.360 e. The van der Waals surface area contributed by atoms with Crippen LogP contribution < -0.4 is 10.6 Å². The highest BCUT2D eigenvalue weighted by Crippen LogP contribution is 2.36. The quantitative estimate of drug-likeness (QED) is 0.525. The number of amides is 2. The van der Waals surface area contributed by atoms with Crippen LogP contribution in [0.1, 0.15) is 35.5 Å². The van der Waals surface area contributed by atoms with Crippen molar-refractivity contribution in [3.63, 3.8) is 0 Å². The van der Waals surface area contributed by atoms with Crippen LogP contribution in [-0.4, -0.2) is 17.0 Å². The first-order valence-corrected chi connectivity index (χ1v) is 10.1. The van der Waals surface area contributed by atoms with E-state index in [1.807, 2.05) is 26.0 Å². The molecule has 6 nitrogen and oxygen atoms in total. The molecule has 0 bridgehead atoms. The molecule has 3 aromatic rings. The molecule has 0 aliphatic rings. The predicted octanol–water partition coefficient (Wildman–Crippen LogP) is 5.48. The molecule has 0 unspecified atom stereocenters. The van der Waals surface area contributed by atoms with Crippen molar-refractivity contribution in [2.45, 2.75) is 27.3 Å². The van der Waals surface area contributed by atoms with Crippen LogP contribution in [-0.2, 0) is 11.3 Å². The monoisotopic (exact) mass is 445 g/mol. The summed E-state index contributed by atoms with van der Waals surface area (Å²) in [4.78, 5) is 24.6. The molecule has 0 saturated carbocycles. The van der Waals surface area contributed by atoms with Gasteiger partial charge in [0.25, 0.3) is 5.91 Å². The first-order valence-electron chi connectivity index (χ1n) is 9.36. The second-order valence-corrected chi connectivity index (χ2v) is 7.90. The van der Waals surface area contributed by atoms with Crippen LogP contribution in [0.5, 0.6) is 0 Å². The van der Waals surface area contributed by atoms with Gasteiger partial charge in [-0.15, -0.1) is 0 Å². The van der Waals surface area contributed by atoms with E-state index in [0.29, 0.717) is 32.8 Å². The molecular weight excluding hydrogens is 425 g/mol. The molecule has 1 aromatic heterocycles. The Labute approximate surface area is 184 Å². The van der Waals surface area contributed by atoms with Gasteiger partial charge in [-0.1, -0.05) is 60.4 Å². The molecule has 3 rings (SSSR count). The molecule has 2 amide bonds. The molecule has 1 heterocycles. The summed E-state index contributed by atoms with van der Waals surface area (Å²) in [6.45, 7) is 5.60. The number of hydrogen-bond acceptors (Lipinski definition) is 4. The minimum absolute atomic E-state index is 0.0512. The minimum Gasteiger partial charge on any atom is -0.360 e. The van der Waals surface area contributed by atoms with Crippen molar-refractivity contribution in [3.05, 3.63) is 69.4 Å². The smallest absolute Gasteiger partial charge is 0.257 e. The van der Waals surface area contributed by atoms with Gasteiger partial charge in [-0.3, -0.25) is 9.59 Å². The number of halogens is 2. The Morgan fingerprint density at radius 2 is 1.70 bits per heavy atom. The molecular formula is C22H21Cl2N3O3. The number of nitrogens with zero attached hydrogens (tertiary/aromatic N) is 1. The Balaban J connectivity index is 1.73. The molecule has 30 heavy (non-hydrogen) atoms. The van der Waals surface area contributed by atoms with E-state index >= 15 is 0 Å². The van der Waals surface area contributed by atoms with Gasteiger partial charge in [-0.25, -0.2) is 0 Å². The van der Waals surface area contributed by atoms with Crippen LogP contribution in [0.15, 0.2) is 47.0 Å². The van der Waals surface area contributed by atoms with Crippen molar-refractivity contribution in [2.75, 3.05) is 5.32 Å². The fourth-order valence-corrected chi connectivity index (χ4v) is 3.37. The maximum absolute atomic E-state index is 12.8. The first kappa shape index (κ1) is 21.9. The van der Waals surface area contributed by atoms with E-state index in [-0.39, 0.29) is 29.8 Å². The second kappa shape index (κ2) is 9.32. The van der Waals surface area contributed by atoms with Gasteiger partial charge < -0.3 is 15.2 Å². The van der Waals surface area contributed by atoms with Gasteiger partial charge >= 0.3 is 0 Å². The summed E-state index contributed by atoms with van der Waals surface area (Å²) in [7, 11) is 0. The summed E-state index contributed by atoms with van der Waals surface area (Å²) in [6, 6.07) is 12.3. The molecule has 0 atom stereocenters. The van der Waals surface area contributed by atoms with E-state index in [1.165, 1.54) is 0 Å². The number of carbonyl (C=O) groups is 2. The third kappa shape index (κ3) is 4.83. The SMILES string of the molecule is Cc1onc(-c2c(Cl)cccc2Cl)c1C(=O)NCc1ccc(NC(=O)C(C)C)cc1. The van der Waals surface area contributed by atoms with Gasteiger partial charge in [0.2, 0.25) is 5.91 Å². The normalized spacial score (nSPS) is 10.9. The highest BCUT2D eigenvalue weighted by atomic mass is 35.5. The Hall–Kier alpha value is -2.83. The zero-order valence-electron chi connectivity index (χ0n) is 16.8. The molecule has 0 saturated heterocycles. The summed E-state index contributed by atoms with van der Waals surface area (Å²) in [5.41, 5.74) is 2.61. The minimum atomic E-state index is -0.350. The Morgan fingerprint density at radius 1 is 1.07 bits per heavy atom. The van der Waals surface area contributed by atoms with Crippen molar-refractivity contribution >= 4 is 40.7 Å². The van der Waals surface area contributed by atoms with Crippen molar-refractivity contribution < 1.29 is 14.1 Å². The van der Waals surface area contributed by atoms with Gasteiger partial charge in [0.1, 0.15) is 17.0 Å². The predicted molar refractivity (Wildman–Crippen MR) is 118 cm³/mol. The first-order chi connectivity index (χ1) is 14.3. The number of benzene rings is 2. The lowest BCUT2D eigenvalue weighted by Gasteiger charge is -2.10. The van der Waals surface area contributed by atoms with E-state index in [9.17, 15) is 9.59 Å². The van der Waals surface area contributed by atoms with Crippen molar-refractivity contribution in [3.8, 4) is 11.3 Å². The molecule has 8 heteroatoms. The molecule has 0 spiro atoms. The lowest BCUT2D eigenvalue weighted by Crippen LogP contribution is -2.23. The number of anilines is 1. The van der Waals surface area contributed by atoms with Crippen LogP contribution >= 0.6 is 23.2 Å². The van der Waals surface area contributed by atoms with E-state index < -0.39 is 0 Å². The molecule has 2 N–H and O–H groups in total. The average molecular weight is 446 g/mol. The lowest BCUT2D eigenvalue weighted by molar-refractivity contribution is -0.118. The van der Waals surface area contributed by atoms with Crippen LogP contribution in [0.2, 0.25) is 10.0 Å². The fraction of sp³-hybridized carbons (Fsp3) is 0.227. The topological polar surface area (TPSA) is 84.2 Å². The second-order valence-electron chi connectivity index (χ2n) is 7.08. The number of aryl methyl sites for hydroxylation is 1. The Bertz CT molecular complexity index is 1060. The van der Waals surface area contributed by atoms with Crippen molar-refractivity contribution in [1.29, 1.82) is 0 Å². The van der Waals surface area contributed by atoms with Gasteiger partial charge in [0, 0.05) is 23.7 Å². The van der Waals surface area contributed by atoms with E-state index in [2.05, 4.69) is 15.8 Å². The molecule has 0 aliphatic heterocycles. The summed E-state index contributed by atoms with van der Waals surface area (Å²) in [5.74, 6) is -0.136. The van der Waals surface area contributed by atoms with Crippen LogP contribution in [0.4, 0.5) is 5.69 Å². The summed E-state index contributed by atoms with van der Waals surface area (Å²) >= 11 is 12.5. The average Bonchev–Trinajstić information content (AvgIpc) is 3.08. The zero-order chi connectivity index (χ0) is 21.8. The fourth-order valence-electron chi connectivity index (χ4n) is 2.80. The van der Waals surface area contributed by atoms with Crippen molar-refractivity contribution in [1.82, 2.24) is 10.5 Å². The number of aromatic nitrogens is 1. The molecule has 156 valence electrons. The third-order valence-electron chi connectivity index (χ3n) is 4.49. The highest BCUT2D eigenvalue weighted by molar-refractivity contribution is 6.39. The van der Waals surface area contributed by atoms with Gasteiger partial charge in [0.05, 0.1) is 10.0 Å². The zero-order valence-corrected chi connectivity index (χ0v) is 18.3. The van der Waals surface area contributed by atoms with Gasteiger partial charge in [-0.05, 0) is 36.8 Å². The lowest BCUT2D eigenvalue weighted by atomic mass is 10.1. The number of rotatable bonds is 6. The number of hydrogen-bond donors (Lipinski definition) is 2. The van der Waals surface area contributed by atoms with E-state index in [4.69, 9.17) is 27.7 Å². The Morgan fingerprint density at radius 3 is 2.30 bits per heavy atom. The number of nitrogens with one attached hydrogen (secondary N) is 2. The van der Waals surface area contributed by atoms with E-state index in [1.54, 1.807) is 37.3 Å². The molecule has 0 aliphatic carbocycles. The molecule has 2 aromatic carbocycles. The van der Waals surface area contributed by atoms with Crippen LogP contribution in [0, 0.1) is 12.8 Å². The standard InChI is InChI=1S/C22H21Cl2N3O3/c1-12(2)21(28)26-15-9-7-14(8-10-15)11-25-22(29)18-13(3)30-27-20(18)19-16(23)5-4-6-17(19)24/h4-10,12H,11H2,1-3H3,(H,25,29)(H,26,28). The van der Waals surface area contributed by atoms with Gasteiger partial charge in [-0.2, -0.15) is 0 Å². The summed E-state index contributed by atoms with van der Waals surface area (Å²) in [5, 5.41) is 10.4. The highest BCUT2D eigenvalue weighted by Gasteiger charge is 2.24. The van der Waals surface area contributed by atoms with Crippen molar-refractivity contribution in [2.24, 2.45) is 5.92 Å². The molecule has 0 fully saturated rings. The van der Waals surface area contributed by atoms with E-state index in [0.717, 1.165) is 5.56 Å².